The van der Waals surface area contributed by atoms with E-state index in [9.17, 15) is 0 Å². The summed E-state index contributed by atoms with van der Waals surface area (Å²) in [7, 11) is 0. The molecule has 0 bridgehead atoms. The molecule has 2 aliphatic rings. The highest BCUT2D eigenvalue weighted by Crippen LogP contribution is 2.50. The molecule has 0 saturated carbocycles. The number of allylic oxidation sites excluding steroid dienone is 4. The highest BCUT2D eigenvalue weighted by Gasteiger charge is 2.37. The topological polar surface area (TPSA) is 0 Å². The van der Waals surface area contributed by atoms with E-state index in [4.69, 9.17) is 0 Å². The minimum Gasteiger partial charge on any atom is -0.0798 e. The van der Waals surface area contributed by atoms with E-state index in [1.165, 1.54) is 16.7 Å². The Balaban J connectivity index is 2.33. The van der Waals surface area contributed by atoms with Crippen LogP contribution in [-0.2, 0) is 5.41 Å². The molecule has 0 atom stereocenters. The van der Waals surface area contributed by atoms with Crippen LogP contribution < -0.4 is 0 Å². The lowest BCUT2D eigenvalue weighted by atomic mass is 9.80. The van der Waals surface area contributed by atoms with E-state index in [2.05, 4.69) is 50.3 Å². The van der Waals surface area contributed by atoms with E-state index in [1.807, 2.05) is 0 Å². The molecule has 1 aromatic rings. The molecule has 0 aromatic heterocycles. The summed E-state index contributed by atoms with van der Waals surface area (Å²) in [5, 5.41) is 0. The van der Waals surface area contributed by atoms with Crippen LogP contribution in [0.1, 0.15) is 31.4 Å². The molecule has 1 aromatic carbocycles. The van der Waals surface area contributed by atoms with Gasteiger partial charge in [-0.05, 0) is 28.7 Å². The summed E-state index contributed by atoms with van der Waals surface area (Å²) >= 11 is 0. The zero-order valence-electron chi connectivity index (χ0n) is 8.67. The van der Waals surface area contributed by atoms with Crippen molar-refractivity contribution in [3.8, 4) is 0 Å². The molecule has 0 nitrogen and oxygen atoms in total. The lowest BCUT2D eigenvalue weighted by Crippen LogP contribution is -2.16. The average molecular weight is 182 g/mol. The van der Waals surface area contributed by atoms with Gasteiger partial charge in [0, 0.05) is 5.41 Å². The van der Waals surface area contributed by atoms with Gasteiger partial charge in [0.1, 0.15) is 0 Å². The van der Waals surface area contributed by atoms with Gasteiger partial charge in [0.2, 0.25) is 0 Å². The maximum Gasteiger partial charge on any atom is 0.0123 e. The van der Waals surface area contributed by atoms with Crippen molar-refractivity contribution >= 4 is 5.57 Å². The molecule has 0 amide bonds. The van der Waals surface area contributed by atoms with Gasteiger partial charge in [-0.1, -0.05) is 50.3 Å². The Morgan fingerprint density at radius 2 is 1.93 bits per heavy atom. The number of hydrogen-bond donors (Lipinski definition) is 0. The maximum atomic E-state index is 2.33. The Bertz CT molecular complexity index is 459. The van der Waals surface area contributed by atoms with Gasteiger partial charge in [0.05, 0.1) is 0 Å². The molecular formula is C14H14. The molecule has 0 heteroatoms. The van der Waals surface area contributed by atoms with E-state index in [0.29, 0.717) is 0 Å². The lowest BCUT2D eigenvalue weighted by Gasteiger charge is -2.23. The second-order valence-electron chi connectivity index (χ2n) is 4.67. The molecule has 0 heterocycles. The zero-order chi connectivity index (χ0) is 9.76. The molecule has 14 heavy (non-hydrogen) atoms. The molecule has 0 aliphatic heterocycles. The largest absolute Gasteiger partial charge is 0.0798 e. The van der Waals surface area contributed by atoms with Crippen molar-refractivity contribution in [3.05, 3.63) is 53.1 Å². The fourth-order valence-corrected chi connectivity index (χ4v) is 2.77. The molecule has 0 N–H and O–H groups in total. The fourth-order valence-electron chi connectivity index (χ4n) is 2.77. The molecular weight excluding hydrogens is 168 g/mol. The summed E-state index contributed by atoms with van der Waals surface area (Å²) in [6.07, 6.45) is 5.70. The predicted octanol–water partition coefficient (Wildman–Crippen LogP) is 3.69. The maximum absolute atomic E-state index is 2.33. The third-order valence-corrected chi connectivity index (χ3v) is 3.58. The lowest BCUT2D eigenvalue weighted by molar-refractivity contribution is 0.627. The predicted molar refractivity (Wildman–Crippen MR) is 60.1 cm³/mol. The normalized spacial score (nSPS) is 21.3. The SMILES string of the molecule is CC1(C)C2=C(C=CC2)c2ccccc21. The van der Waals surface area contributed by atoms with Crippen LogP contribution in [0, 0.1) is 0 Å². The van der Waals surface area contributed by atoms with Gasteiger partial charge in [-0.15, -0.1) is 0 Å². The highest BCUT2D eigenvalue weighted by molar-refractivity contribution is 5.88. The first-order valence-corrected chi connectivity index (χ1v) is 5.21. The second kappa shape index (κ2) is 2.38. The molecule has 70 valence electrons. The van der Waals surface area contributed by atoms with Crippen LogP contribution in [0.5, 0.6) is 0 Å². The van der Waals surface area contributed by atoms with E-state index in [1.54, 1.807) is 5.57 Å². The van der Waals surface area contributed by atoms with Crippen LogP contribution in [0.4, 0.5) is 0 Å². The summed E-state index contributed by atoms with van der Waals surface area (Å²) in [4.78, 5) is 0. The van der Waals surface area contributed by atoms with Gasteiger partial charge in [-0.25, -0.2) is 0 Å². The van der Waals surface area contributed by atoms with Crippen molar-refractivity contribution in [2.24, 2.45) is 0 Å². The zero-order valence-corrected chi connectivity index (χ0v) is 8.67. The minimum absolute atomic E-state index is 0.245. The number of hydrogen-bond acceptors (Lipinski definition) is 0. The number of benzene rings is 1. The molecule has 0 unspecified atom stereocenters. The van der Waals surface area contributed by atoms with Crippen LogP contribution in [0.15, 0.2) is 42.0 Å². The van der Waals surface area contributed by atoms with E-state index in [-0.39, 0.29) is 5.41 Å². The van der Waals surface area contributed by atoms with Crippen LogP contribution in [0.25, 0.3) is 5.57 Å². The molecule has 0 radical (unpaired) electrons. The number of fused-ring (bicyclic) bond motifs is 2. The highest BCUT2D eigenvalue weighted by atomic mass is 14.4. The van der Waals surface area contributed by atoms with E-state index < -0.39 is 0 Å². The Kier molecular flexibility index (Phi) is 1.37. The van der Waals surface area contributed by atoms with Crippen LogP contribution in [-0.4, -0.2) is 0 Å². The standard InChI is InChI=1S/C14H14/c1-14(2)12-8-4-3-6-10(12)11-7-5-9-13(11)14/h3-8H,9H2,1-2H3. The minimum atomic E-state index is 0.245. The van der Waals surface area contributed by atoms with Crippen LogP contribution in [0.3, 0.4) is 0 Å². The van der Waals surface area contributed by atoms with Gasteiger partial charge in [0.25, 0.3) is 0 Å². The van der Waals surface area contributed by atoms with Crippen molar-refractivity contribution in [1.29, 1.82) is 0 Å². The smallest absolute Gasteiger partial charge is 0.0123 e. The first-order valence-electron chi connectivity index (χ1n) is 5.21. The van der Waals surface area contributed by atoms with E-state index in [0.717, 1.165) is 6.42 Å². The van der Waals surface area contributed by atoms with Gasteiger partial charge >= 0.3 is 0 Å². The third kappa shape index (κ3) is 0.790. The van der Waals surface area contributed by atoms with Gasteiger partial charge in [-0.2, -0.15) is 0 Å². The van der Waals surface area contributed by atoms with Crippen molar-refractivity contribution in [2.75, 3.05) is 0 Å². The Hall–Kier alpha value is -1.30. The molecule has 3 rings (SSSR count). The van der Waals surface area contributed by atoms with Crippen molar-refractivity contribution in [2.45, 2.75) is 25.7 Å². The molecule has 0 saturated heterocycles. The Morgan fingerprint density at radius 3 is 2.79 bits per heavy atom. The Labute approximate surface area is 85.0 Å². The van der Waals surface area contributed by atoms with Gasteiger partial charge in [-0.3, -0.25) is 0 Å². The summed E-state index contributed by atoms with van der Waals surface area (Å²) in [5.41, 5.74) is 6.26. The monoisotopic (exact) mass is 182 g/mol. The third-order valence-electron chi connectivity index (χ3n) is 3.58. The van der Waals surface area contributed by atoms with Gasteiger partial charge < -0.3 is 0 Å². The van der Waals surface area contributed by atoms with E-state index >= 15 is 0 Å². The quantitative estimate of drug-likeness (QED) is 0.574. The second-order valence-corrected chi connectivity index (χ2v) is 4.67. The molecule has 0 spiro atoms. The number of rotatable bonds is 0. The summed E-state index contributed by atoms with van der Waals surface area (Å²) in [6.45, 7) is 4.67. The van der Waals surface area contributed by atoms with Crippen LogP contribution in [0.2, 0.25) is 0 Å². The summed E-state index contributed by atoms with van der Waals surface area (Å²) in [5.74, 6) is 0. The van der Waals surface area contributed by atoms with Crippen LogP contribution >= 0.6 is 0 Å². The first kappa shape index (κ1) is 8.05. The first-order chi connectivity index (χ1) is 6.71. The fraction of sp³-hybridized carbons (Fsp3) is 0.286. The molecule has 2 aliphatic carbocycles. The van der Waals surface area contributed by atoms with Crippen molar-refractivity contribution in [1.82, 2.24) is 0 Å². The summed E-state index contributed by atoms with van der Waals surface area (Å²) < 4.78 is 0. The van der Waals surface area contributed by atoms with Crippen molar-refractivity contribution < 1.29 is 0 Å². The summed E-state index contributed by atoms with van der Waals surface area (Å²) in [6, 6.07) is 8.79. The molecule has 0 fully saturated rings. The average Bonchev–Trinajstić information content (AvgIpc) is 2.72. The Morgan fingerprint density at radius 1 is 1.14 bits per heavy atom. The van der Waals surface area contributed by atoms with Gasteiger partial charge in [0.15, 0.2) is 0 Å². The van der Waals surface area contributed by atoms with Crippen molar-refractivity contribution in [3.63, 3.8) is 0 Å².